The van der Waals surface area contributed by atoms with Gasteiger partial charge in [-0.2, -0.15) is 0 Å². The van der Waals surface area contributed by atoms with E-state index >= 15 is 0 Å². The molecule has 1 N–H and O–H groups in total. The van der Waals surface area contributed by atoms with Gasteiger partial charge in [0.2, 0.25) is 0 Å². The zero-order valence-corrected chi connectivity index (χ0v) is 11.1. The van der Waals surface area contributed by atoms with Gasteiger partial charge in [0.15, 0.2) is 0 Å². The molecule has 2 aliphatic rings. The first-order valence-electron chi connectivity index (χ1n) is 6.22. The number of amides is 1. The molecule has 1 aromatic rings. The van der Waals surface area contributed by atoms with Crippen molar-refractivity contribution in [2.24, 2.45) is 11.8 Å². The van der Waals surface area contributed by atoms with Crippen LogP contribution in [0.5, 0.6) is 0 Å². The van der Waals surface area contributed by atoms with Gasteiger partial charge in [-0.15, -0.1) is 11.3 Å². The van der Waals surface area contributed by atoms with Crippen molar-refractivity contribution in [3.05, 3.63) is 21.4 Å². The zero-order chi connectivity index (χ0) is 12.0. The lowest BCUT2D eigenvalue weighted by Crippen LogP contribution is -2.31. The summed E-state index contributed by atoms with van der Waals surface area (Å²) in [5.74, 6) is 1.60. The van der Waals surface area contributed by atoms with Crippen LogP contribution in [0.4, 0.5) is 0 Å². The van der Waals surface area contributed by atoms with Crippen molar-refractivity contribution in [1.82, 2.24) is 10.2 Å². The first-order valence-corrected chi connectivity index (χ1v) is 7.04. The molecule has 3 heterocycles. The summed E-state index contributed by atoms with van der Waals surface area (Å²) >= 11 is 1.63. The van der Waals surface area contributed by atoms with E-state index in [-0.39, 0.29) is 5.91 Å². The quantitative estimate of drug-likeness (QED) is 0.822. The Bertz CT molecular complexity index is 423. The van der Waals surface area contributed by atoms with Crippen LogP contribution in [0.25, 0.3) is 0 Å². The minimum atomic E-state index is 0.237. The second-order valence-corrected chi connectivity index (χ2v) is 6.49. The fraction of sp³-hybridized carbons (Fsp3) is 0.615. The van der Waals surface area contributed by atoms with Crippen LogP contribution in [-0.4, -0.2) is 37.0 Å². The number of hydrogen-bond acceptors (Lipinski definition) is 3. The van der Waals surface area contributed by atoms with Crippen LogP contribution in [0.2, 0.25) is 0 Å². The van der Waals surface area contributed by atoms with E-state index in [0.717, 1.165) is 31.1 Å². The lowest BCUT2D eigenvalue weighted by atomic mass is 10.0. The SMILES string of the molecule is Cc1cc(C(=O)N2C[C@H]3CNC[C@H]3C2)sc1C. The Morgan fingerprint density at radius 1 is 1.35 bits per heavy atom. The highest BCUT2D eigenvalue weighted by molar-refractivity contribution is 7.14. The Morgan fingerprint density at radius 2 is 2.00 bits per heavy atom. The molecule has 2 atom stereocenters. The van der Waals surface area contributed by atoms with Crippen LogP contribution in [0.15, 0.2) is 6.07 Å². The van der Waals surface area contributed by atoms with E-state index in [2.05, 4.69) is 19.2 Å². The molecule has 0 aromatic carbocycles. The molecule has 3 rings (SSSR count). The molecule has 0 saturated carbocycles. The van der Waals surface area contributed by atoms with E-state index in [9.17, 15) is 4.79 Å². The maximum atomic E-state index is 12.4. The predicted molar refractivity (Wildman–Crippen MR) is 69.5 cm³/mol. The van der Waals surface area contributed by atoms with Gasteiger partial charge in [-0.3, -0.25) is 4.79 Å². The highest BCUT2D eigenvalue weighted by Gasteiger charge is 2.38. The van der Waals surface area contributed by atoms with Crippen molar-refractivity contribution in [2.45, 2.75) is 13.8 Å². The Morgan fingerprint density at radius 3 is 2.53 bits per heavy atom. The van der Waals surface area contributed by atoms with Gasteiger partial charge in [-0.1, -0.05) is 0 Å². The second-order valence-electron chi connectivity index (χ2n) is 5.24. The molecule has 4 heteroatoms. The van der Waals surface area contributed by atoms with Gasteiger partial charge in [0.05, 0.1) is 4.88 Å². The minimum Gasteiger partial charge on any atom is -0.337 e. The summed E-state index contributed by atoms with van der Waals surface area (Å²) in [5, 5.41) is 3.40. The van der Waals surface area contributed by atoms with Crippen molar-refractivity contribution in [3.63, 3.8) is 0 Å². The average Bonchev–Trinajstić information content (AvgIpc) is 2.92. The van der Waals surface area contributed by atoms with Gasteiger partial charge in [0, 0.05) is 31.1 Å². The number of rotatable bonds is 1. The lowest BCUT2D eigenvalue weighted by Gasteiger charge is -2.16. The van der Waals surface area contributed by atoms with Gasteiger partial charge in [-0.05, 0) is 37.3 Å². The first kappa shape index (κ1) is 11.2. The van der Waals surface area contributed by atoms with Crippen LogP contribution in [0.1, 0.15) is 20.1 Å². The number of carbonyl (C=O) groups excluding carboxylic acids is 1. The van der Waals surface area contributed by atoms with Crippen LogP contribution in [0, 0.1) is 25.7 Å². The van der Waals surface area contributed by atoms with E-state index in [1.807, 2.05) is 11.0 Å². The van der Waals surface area contributed by atoms with Gasteiger partial charge in [-0.25, -0.2) is 0 Å². The van der Waals surface area contributed by atoms with Gasteiger partial charge < -0.3 is 10.2 Å². The summed E-state index contributed by atoms with van der Waals surface area (Å²) in [5.41, 5.74) is 1.24. The number of fused-ring (bicyclic) bond motifs is 1. The highest BCUT2D eigenvalue weighted by Crippen LogP contribution is 2.29. The summed E-state index contributed by atoms with van der Waals surface area (Å²) in [4.78, 5) is 16.6. The lowest BCUT2D eigenvalue weighted by molar-refractivity contribution is 0.0786. The minimum absolute atomic E-state index is 0.237. The topological polar surface area (TPSA) is 32.3 Å². The van der Waals surface area contributed by atoms with Crippen LogP contribution in [0.3, 0.4) is 0 Å². The maximum Gasteiger partial charge on any atom is 0.263 e. The number of nitrogens with zero attached hydrogens (tertiary/aromatic N) is 1. The number of aryl methyl sites for hydroxylation is 2. The molecular weight excluding hydrogens is 232 g/mol. The Balaban J connectivity index is 1.75. The van der Waals surface area contributed by atoms with Gasteiger partial charge in [0.25, 0.3) is 5.91 Å². The standard InChI is InChI=1S/C13H18N2OS/c1-8-3-12(17-9(8)2)13(16)15-6-10-4-14-5-11(10)7-15/h3,10-11,14H,4-7H2,1-2H3/t10-,11+. The summed E-state index contributed by atoms with van der Waals surface area (Å²) in [6, 6.07) is 2.04. The molecule has 0 radical (unpaired) electrons. The number of thiophene rings is 1. The fourth-order valence-electron chi connectivity index (χ4n) is 2.86. The molecule has 1 aromatic heterocycles. The maximum absolute atomic E-state index is 12.4. The first-order chi connectivity index (χ1) is 8.15. The third-order valence-corrected chi connectivity index (χ3v) is 5.19. The molecular formula is C13H18N2OS. The summed E-state index contributed by atoms with van der Waals surface area (Å²) in [6.45, 7) is 8.19. The predicted octanol–water partition coefficient (Wildman–Crippen LogP) is 1.66. The number of carbonyl (C=O) groups is 1. The van der Waals surface area contributed by atoms with Crippen molar-refractivity contribution < 1.29 is 4.79 Å². The smallest absolute Gasteiger partial charge is 0.263 e. The molecule has 2 saturated heterocycles. The Hall–Kier alpha value is -0.870. The number of hydrogen-bond donors (Lipinski definition) is 1. The molecule has 0 spiro atoms. The van der Waals surface area contributed by atoms with Crippen molar-refractivity contribution in [1.29, 1.82) is 0 Å². The van der Waals surface area contributed by atoms with E-state index in [4.69, 9.17) is 0 Å². The normalized spacial score (nSPS) is 27.5. The van der Waals surface area contributed by atoms with Crippen molar-refractivity contribution in [2.75, 3.05) is 26.2 Å². The molecule has 2 aliphatic heterocycles. The number of likely N-dealkylation sites (tertiary alicyclic amines) is 1. The largest absolute Gasteiger partial charge is 0.337 e. The third-order valence-electron chi connectivity index (χ3n) is 4.05. The summed E-state index contributed by atoms with van der Waals surface area (Å²) < 4.78 is 0. The van der Waals surface area contributed by atoms with Crippen LogP contribution >= 0.6 is 11.3 Å². The molecule has 0 aliphatic carbocycles. The Labute approximate surface area is 106 Å². The molecule has 1 amide bonds. The van der Waals surface area contributed by atoms with Crippen LogP contribution in [-0.2, 0) is 0 Å². The number of nitrogens with one attached hydrogen (secondary N) is 1. The van der Waals surface area contributed by atoms with Crippen LogP contribution < -0.4 is 5.32 Å². The average molecular weight is 250 g/mol. The monoisotopic (exact) mass is 250 g/mol. The zero-order valence-electron chi connectivity index (χ0n) is 10.3. The molecule has 17 heavy (non-hydrogen) atoms. The van der Waals surface area contributed by atoms with Gasteiger partial charge >= 0.3 is 0 Å². The summed E-state index contributed by atoms with van der Waals surface area (Å²) in [6.07, 6.45) is 0. The molecule has 2 fully saturated rings. The van der Waals surface area contributed by atoms with Crippen molar-refractivity contribution >= 4 is 17.2 Å². The Kier molecular flexibility index (Phi) is 2.71. The van der Waals surface area contributed by atoms with E-state index in [1.54, 1.807) is 11.3 Å². The van der Waals surface area contributed by atoms with Gasteiger partial charge in [0.1, 0.15) is 0 Å². The second kappa shape index (κ2) is 4.10. The molecule has 3 nitrogen and oxygen atoms in total. The molecule has 0 bridgehead atoms. The molecule has 0 unspecified atom stereocenters. The third kappa shape index (κ3) is 1.89. The molecule has 92 valence electrons. The van der Waals surface area contributed by atoms with E-state index in [0.29, 0.717) is 11.8 Å². The van der Waals surface area contributed by atoms with Crippen molar-refractivity contribution in [3.8, 4) is 0 Å². The van der Waals surface area contributed by atoms with E-state index in [1.165, 1.54) is 10.4 Å². The highest BCUT2D eigenvalue weighted by atomic mass is 32.1. The van der Waals surface area contributed by atoms with E-state index < -0.39 is 0 Å². The summed E-state index contributed by atoms with van der Waals surface area (Å²) in [7, 11) is 0. The fourth-order valence-corrected chi connectivity index (χ4v) is 3.86.